The lowest BCUT2D eigenvalue weighted by molar-refractivity contribution is -0.105. The summed E-state index contributed by atoms with van der Waals surface area (Å²) in [5, 5.41) is 0. The number of carbonyl (C=O) groups excluding carboxylic acids is 2. The van der Waals surface area contributed by atoms with Crippen LogP contribution >= 0.6 is 0 Å². The molecule has 1 aliphatic heterocycles. The van der Waals surface area contributed by atoms with Crippen molar-refractivity contribution < 1.29 is 14.3 Å². The van der Waals surface area contributed by atoms with Crippen molar-refractivity contribution in [2.24, 2.45) is 0 Å². The Morgan fingerprint density at radius 1 is 1.50 bits per heavy atom. The first kappa shape index (κ1) is 12.7. The lowest BCUT2D eigenvalue weighted by Gasteiger charge is -2.33. The monoisotopic (exact) mass is 225 g/mol. The first-order chi connectivity index (χ1) is 7.15. The fourth-order valence-corrected chi connectivity index (χ4v) is 1.65. The molecule has 0 N–H and O–H groups in total. The molecule has 0 unspecified atom stereocenters. The van der Waals surface area contributed by atoms with E-state index in [1.807, 2.05) is 34.6 Å². The van der Waals surface area contributed by atoms with E-state index in [2.05, 4.69) is 0 Å². The molecule has 0 aromatic heterocycles. The van der Waals surface area contributed by atoms with Crippen molar-refractivity contribution in [1.82, 2.24) is 4.90 Å². The molecule has 1 aliphatic rings. The lowest BCUT2D eigenvalue weighted by atomic mass is 10.1. The van der Waals surface area contributed by atoms with Crippen molar-refractivity contribution in [3.05, 3.63) is 11.6 Å². The highest BCUT2D eigenvalue weighted by molar-refractivity contribution is 5.80. The van der Waals surface area contributed by atoms with Crippen LogP contribution in [-0.2, 0) is 9.53 Å². The van der Waals surface area contributed by atoms with Crippen LogP contribution in [0.25, 0.3) is 0 Å². The summed E-state index contributed by atoms with van der Waals surface area (Å²) in [6, 6.07) is 0. The van der Waals surface area contributed by atoms with Crippen LogP contribution in [0.1, 0.15) is 34.6 Å². The third-order valence-electron chi connectivity index (χ3n) is 2.34. The van der Waals surface area contributed by atoms with Gasteiger partial charge in [-0.3, -0.25) is 9.69 Å². The van der Waals surface area contributed by atoms with E-state index in [4.69, 9.17) is 4.74 Å². The summed E-state index contributed by atoms with van der Waals surface area (Å²) >= 11 is 0. The van der Waals surface area contributed by atoms with Crippen LogP contribution in [0.3, 0.4) is 0 Å². The van der Waals surface area contributed by atoms with Gasteiger partial charge in [-0.25, -0.2) is 4.79 Å². The normalized spacial score (nSPS) is 19.3. The summed E-state index contributed by atoms with van der Waals surface area (Å²) in [6.45, 7) is 9.55. The zero-order valence-corrected chi connectivity index (χ0v) is 10.5. The highest BCUT2D eigenvalue weighted by Crippen LogP contribution is 2.27. The fourth-order valence-electron chi connectivity index (χ4n) is 1.65. The quantitative estimate of drug-likeness (QED) is 0.642. The maximum absolute atomic E-state index is 11.9. The number of carbonyl (C=O) groups is 2. The number of aldehydes is 1. The number of amides is 1. The Kier molecular flexibility index (Phi) is 3.13. The van der Waals surface area contributed by atoms with Gasteiger partial charge in [-0.05, 0) is 34.6 Å². The van der Waals surface area contributed by atoms with Crippen LogP contribution < -0.4 is 0 Å². The molecule has 1 amide bonds. The highest BCUT2D eigenvalue weighted by Gasteiger charge is 2.37. The molecule has 0 radical (unpaired) electrons. The van der Waals surface area contributed by atoms with Crippen LogP contribution in [-0.4, -0.2) is 35.0 Å². The minimum Gasteiger partial charge on any atom is -0.444 e. The standard InChI is InChI=1S/C12H19NO3/c1-11(2,3)16-10(15)13-7-9(8-14)6-12(13,4)5/h6,8H,7H2,1-5H3. The van der Waals surface area contributed by atoms with Crippen LogP contribution in [0.2, 0.25) is 0 Å². The Morgan fingerprint density at radius 3 is 2.44 bits per heavy atom. The summed E-state index contributed by atoms with van der Waals surface area (Å²) in [6.07, 6.45) is 2.20. The molecule has 0 saturated heterocycles. The predicted octanol–water partition coefficient (Wildman–Crippen LogP) is 2.14. The minimum absolute atomic E-state index is 0.325. The van der Waals surface area contributed by atoms with Crippen molar-refractivity contribution in [1.29, 1.82) is 0 Å². The van der Waals surface area contributed by atoms with E-state index in [1.54, 1.807) is 11.0 Å². The molecule has 0 atom stereocenters. The number of rotatable bonds is 1. The van der Waals surface area contributed by atoms with Gasteiger partial charge in [-0.1, -0.05) is 6.08 Å². The van der Waals surface area contributed by atoms with Crippen LogP contribution in [0.5, 0.6) is 0 Å². The van der Waals surface area contributed by atoms with Gasteiger partial charge in [0.1, 0.15) is 11.9 Å². The van der Waals surface area contributed by atoms with Crippen LogP contribution in [0, 0.1) is 0 Å². The topological polar surface area (TPSA) is 46.6 Å². The van der Waals surface area contributed by atoms with Gasteiger partial charge in [0.25, 0.3) is 0 Å². The number of ether oxygens (including phenoxy) is 1. The van der Waals surface area contributed by atoms with E-state index in [9.17, 15) is 9.59 Å². The molecule has 90 valence electrons. The zero-order chi connectivity index (χ0) is 12.6. The molecular weight excluding hydrogens is 206 g/mol. The highest BCUT2D eigenvalue weighted by atomic mass is 16.6. The van der Waals surface area contributed by atoms with Gasteiger partial charge in [-0.2, -0.15) is 0 Å². The van der Waals surface area contributed by atoms with E-state index in [0.717, 1.165) is 6.29 Å². The molecule has 16 heavy (non-hydrogen) atoms. The molecule has 0 aliphatic carbocycles. The van der Waals surface area contributed by atoms with Gasteiger partial charge < -0.3 is 4.74 Å². The first-order valence-corrected chi connectivity index (χ1v) is 5.33. The Balaban J connectivity index is 2.77. The molecular formula is C12H19NO3. The second-order valence-electron chi connectivity index (χ2n) is 5.56. The van der Waals surface area contributed by atoms with Crippen molar-refractivity contribution in [2.45, 2.75) is 45.8 Å². The largest absolute Gasteiger partial charge is 0.444 e. The molecule has 0 spiro atoms. The predicted molar refractivity (Wildman–Crippen MR) is 61.2 cm³/mol. The Morgan fingerprint density at radius 2 is 2.06 bits per heavy atom. The Labute approximate surface area is 96.3 Å². The number of nitrogens with zero attached hydrogens (tertiary/aromatic N) is 1. The van der Waals surface area contributed by atoms with Crippen molar-refractivity contribution in [3.8, 4) is 0 Å². The van der Waals surface area contributed by atoms with Crippen LogP contribution in [0.4, 0.5) is 4.79 Å². The van der Waals surface area contributed by atoms with E-state index in [1.165, 1.54) is 0 Å². The smallest absolute Gasteiger partial charge is 0.411 e. The molecule has 0 fully saturated rings. The van der Waals surface area contributed by atoms with E-state index in [0.29, 0.717) is 12.1 Å². The van der Waals surface area contributed by atoms with Gasteiger partial charge in [0, 0.05) is 5.57 Å². The Hall–Kier alpha value is -1.32. The first-order valence-electron chi connectivity index (χ1n) is 5.33. The molecule has 0 aromatic rings. The Bertz CT molecular complexity index is 337. The van der Waals surface area contributed by atoms with Gasteiger partial charge in [0.05, 0.1) is 12.1 Å². The molecule has 0 bridgehead atoms. The summed E-state index contributed by atoms with van der Waals surface area (Å²) in [4.78, 5) is 24.2. The second kappa shape index (κ2) is 3.92. The minimum atomic E-state index is -0.517. The molecule has 4 heteroatoms. The van der Waals surface area contributed by atoms with Gasteiger partial charge >= 0.3 is 6.09 Å². The lowest BCUT2D eigenvalue weighted by Crippen LogP contribution is -2.45. The SMILES string of the molecule is CC(C)(C)OC(=O)N1CC(C=O)=CC1(C)C. The average molecular weight is 225 g/mol. The number of hydrogen-bond acceptors (Lipinski definition) is 3. The van der Waals surface area contributed by atoms with Crippen molar-refractivity contribution in [2.75, 3.05) is 6.54 Å². The molecule has 1 rings (SSSR count). The molecule has 0 saturated carbocycles. The third-order valence-corrected chi connectivity index (χ3v) is 2.34. The summed E-state index contributed by atoms with van der Waals surface area (Å²) in [5.74, 6) is 0. The van der Waals surface area contributed by atoms with E-state index >= 15 is 0 Å². The average Bonchev–Trinajstić information content (AvgIpc) is 2.37. The van der Waals surface area contributed by atoms with Gasteiger partial charge in [-0.15, -0.1) is 0 Å². The zero-order valence-electron chi connectivity index (χ0n) is 10.5. The summed E-state index contributed by atoms with van der Waals surface area (Å²) < 4.78 is 5.29. The van der Waals surface area contributed by atoms with Crippen LogP contribution in [0.15, 0.2) is 11.6 Å². The van der Waals surface area contributed by atoms with Gasteiger partial charge in [0.2, 0.25) is 0 Å². The van der Waals surface area contributed by atoms with Crippen molar-refractivity contribution >= 4 is 12.4 Å². The molecule has 0 aromatic carbocycles. The number of hydrogen-bond donors (Lipinski definition) is 0. The van der Waals surface area contributed by atoms with E-state index < -0.39 is 11.1 Å². The second-order valence-corrected chi connectivity index (χ2v) is 5.56. The fraction of sp³-hybridized carbons (Fsp3) is 0.667. The summed E-state index contributed by atoms with van der Waals surface area (Å²) in [5.41, 5.74) is -0.355. The third kappa shape index (κ3) is 2.84. The summed E-state index contributed by atoms with van der Waals surface area (Å²) in [7, 11) is 0. The molecule has 4 nitrogen and oxygen atoms in total. The maximum Gasteiger partial charge on any atom is 0.411 e. The van der Waals surface area contributed by atoms with Crippen molar-refractivity contribution in [3.63, 3.8) is 0 Å². The van der Waals surface area contributed by atoms with Gasteiger partial charge in [0.15, 0.2) is 0 Å². The maximum atomic E-state index is 11.9. The van der Waals surface area contributed by atoms with E-state index in [-0.39, 0.29) is 6.09 Å². The molecule has 1 heterocycles.